The molecule has 0 aliphatic heterocycles. The van der Waals surface area contributed by atoms with Crippen molar-refractivity contribution in [2.24, 2.45) is 5.92 Å². The van der Waals surface area contributed by atoms with Crippen LogP contribution in [0.5, 0.6) is 0 Å². The van der Waals surface area contributed by atoms with Crippen LogP contribution in [-0.4, -0.2) is 11.1 Å². The summed E-state index contributed by atoms with van der Waals surface area (Å²) >= 11 is 0. The molecule has 0 fully saturated rings. The maximum Gasteiger partial charge on any atom is 0.306 e. The summed E-state index contributed by atoms with van der Waals surface area (Å²) in [6.07, 6.45) is 38.0. The van der Waals surface area contributed by atoms with E-state index in [-0.39, 0.29) is 5.92 Å². The Bertz CT molecular complexity index is 429. The molecule has 2 nitrogen and oxygen atoms in total. The molecule has 0 saturated heterocycles. The molecule has 0 rings (SSSR count). The highest BCUT2D eigenvalue weighted by Gasteiger charge is 2.16. The van der Waals surface area contributed by atoms with Gasteiger partial charge in [0, 0.05) is 0 Å². The summed E-state index contributed by atoms with van der Waals surface area (Å²) in [6, 6.07) is 0. The number of unbranched alkanes of at least 4 members (excludes halogenated alkanes) is 21. The first kappa shape index (κ1) is 33.2. The number of carboxylic acid groups (broad SMARTS) is 1. The lowest BCUT2D eigenvalue weighted by atomic mass is 9.94. The van der Waals surface area contributed by atoms with E-state index < -0.39 is 5.97 Å². The number of aliphatic carboxylic acids is 1. The average Bonchev–Trinajstić information content (AvgIpc) is 2.83. The Kier molecular flexibility index (Phi) is 27.8. The fourth-order valence-corrected chi connectivity index (χ4v) is 4.91. The molecule has 0 heterocycles. The highest BCUT2D eigenvalue weighted by Crippen LogP contribution is 2.20. The maximum atomic E-state index is 11.6. The van der Waals surface area contributed by atoms with Crippen molar-refractivity contribution < 1.29 is 9.90 Å². The van der Waals surface area contributed by atoms with Crippen molar-refractivity contribution in [3.8, 4) is 0 Å². The van der Waals surface area contributed by atoms with Gasteiger partial charge in [-0.2, -0.15) is 0 Å². The summed E-state index contributed by atoms with van der Waals surface area (Å²) in [5, 5.41) is 9.55. The second kappa shape index (κ2) is 28.4. The first-order chi connectivity index (χ1) is 16.7. The standard InChI is InChI=1S/C32H62O2/c1-3-5-7-9-11-13-15-17-18-20-22-24-26-28-30-31(32(33)34)29-27-25-23-21-19-16-14-12-10-8-6-4-2/h17-18,31H,3-16,19-30H2,1-2H3,(H,33,34). The van der Waals surface area contributed by atoms with Gasteiger partial charge in [-0.05, 0) is 38.5 Å². The van der Waals surface area contributed by atoms with Gasteiger partial charge >= 0.3 is 5.97 Å². The van der Waals surface area contributed by atoms with Crippen LogP contribution in [0.15, 0.2) is 12.2 Å². The molecule has 0 aliphatic carbocycles. The van der Waals surface area contributed by atoms with Crippen LogP contribution < -0.4 is 0 Å². The summed E-state index contributed by atoms with van der Waals surface area (Å²) in [5.41, 5.74) is 0. The molecule has 1 atom stereocenters. The van der Waals surface area contributed by atoms with Gasteiger partial charge in [-0.25, -0.2) is 0 Å². The van der Waals surface area contributed by atoms with Gasteiger partial charge < -0.3 is 5.11 Å². The normalized spacial score (nSPS) is 12.5. The number of carbonyl (C=O) groups is 1. The second-order valence-electron chi connectivity index (χ2n) is 10.7. The zero-order chi connectivity index (χ0) is 25.0. The Hall–Kier alpha value is -0.790. The summed E-state index contributed by atoms with van der Waals surface area (Å²) in [6.45, 7) is 4.55. The molecule has 0 saturated carbocycles. The first-order valence-electron chi connectivity index (χ1n) is 15.6. The smallest absolute Gasteiger partial charge is 0.306 e. The fourth-order valence-electron chi connectivity index (χ4n) is 4.91. The quantitative estimate of drug-likeness (QED) is 0.0896. The lowest BCUT2D eigenvalue weighted by molar-refractivity contribution is -0.142. The third kappa shape index (κ3) is 25.8. The number of hydrogen-bond donors (Lipinski definition) is 1. The van der Waals surface area contributed by atoms with Crippen molar-refractivity contribution in [1.82, 2.24) is 0 Å². The van der Waals surface area contributed by atoms with Crippen LogP contribution in [0.25, 0.3) is 0 Å². The monoisotopic (exact) mass is 478 g/mol. The molecule has 1 N–H and O–H groups in total. The zero-order valence-corrected chi connectivity index (χ0v) is 23.5. The Morgan fingerprint density at radius 2 is 0.794 bits per heavy atom. The predicted molar refractivity (Wildman–Crippen MR) is 152 cm³/mol. The van der Waals surface area contributed by atoms with E-state index in [9.17, 15) is 9.90 Å². The van der Waals surface area contributed by atoms with Gasteiger partial charge in [0.05, 0.1) is 5.92 Å². The van der Waals surface area contributed by atoms with Gasteiger partial charge in [0.25, 0.3) is 0 Å². The van der Waals surface area contributed by atoms with Gasteiger partial charge in [0.2, 0.25) is 0 Å². The molecule has 0 aliphatic rings. The Labute approximate surface area is 214 Å². The molecule has 34 heavy (non-hydrogen) atoms. The van der Waals surface area contributed by atoms with E-state index in [1.165, 1.54) is 141 Å². The number of rotatable bonds is 28. The molecule has 0 bridgehead atoms. The Balaban J connectivity index is 3.47. The van der Waals surface area contributed by atoms with E-state index in [1.54, 1.807) is 0 Å². The Morgan fingerprint density at radius 1 is 0.500 bits per heavy atom. The first-order valence-corrected chi connectivity index (χ1v) is 15.6. The molecule has 0 aromatic heterocycles. The molecule has 0 amide bonds. The zero-order valence-electron chi connectivity index (χ0n) is 23.5. The summed E-state index contributed by atoms with van der Waals surface area (Å²) in [7, 11) is 0. The van der Waals surface area contributed by atoms with Gasteiger partial charge in [0.15, 0.2) is 0 Å². The minimum absolute atomic E-state index is 0.111. The van der Waals surface area contributed by atoms with Crippen LogP contribution in [0.1, 0.15) is 181 Å². The minimum Gasteiger partial charge on any atom is -0.481 e. The van der Waals surface area contributed by atoms with Crippen LogP contribution in [-0.2, 0) is 4.79 Å². The van der Waals surface area contributed by atoms with Gasteiger partial charge in [-0.3, -0.25) is 4.79 Å². The van der Waals surface area contributed by atoms with E-state index in [2.05, 4.69) is 26.0 Å². The topological polar surface area (TPSA) is 37.3 Å². The summed E-state index contributed by atoms with van der Waals surface area (Å²) in [4.78, 5) is 11.6. The second-order valence-corrected chi connectivity index (χ2v) is 10.7. The number of carboxylic acids is 1. The molecule has 0 aromatic rings. The molecule has 0 radical (unpaired) electrons. The van der Waals surface area contributed by atoms with Crippen molar-refractivity contribution >= 4 is 5.97 Å². The number of hydrogen-bond acceptors (Lipinski definition) is 1. The van der Waals surface area contributed by atoms with Crippen LogP contribution in [0.2, 0.25) is 0 Å². The Morgan fingerprint density at radius 3 is 1.12 bits per heavy atom. The van der Waals surface area contributed by atoms with Crippen LogP contribution in [0, 0.1) is 5.92 Å². The highest BCUT2D eigenvalue weighted by molar-refractivity contribution is 5.69. The largest absolute Gasteiger partial charge is 0.481 e. The van der Waals surface area contributed by atoms with E-state index in [1.807, 2.05) is 0 Å². The summed E-state index contributed by atoms with van der Waals surface area (Å²) in [5.74, 6) is -0.680. The van der Waals surface area contributed by atoms with Crippen molar-refractivity contribution in [2.45, 2.75) is 181 Å². The third-order valence-electron chi connectivity index (χ3n) is 7.32. The van der Waals surface area contributed by atoms with E-state index in [4.69, 9.17) is 0 Å². The van der Waals surface area contributed by atoms with Gasteiger partial charge in [0.1, 0.15) is 0 Å². The average molecular weight is 479 g/mol. The SMILES string of the molecule is CCCCCCCCC=CCCCCCCC(CCCCCCCCCCCCCC)C(=O)O. The van der Waals surface area contributed by atoms with E-state index in [0.717, 1.165) is 25.7 Å². The number of allylic oxidation sites excluding steroid dienone is 2. The van der Waals surface area contributed by atoms with Gasteiger partial charge in [-0.15, -0.1) is 0 Å². The molecule has 1 unspecified atom stereocenters. The highest BCUT2D eigenvalue weighted by atomic mass is 16.4. The van der Waals surface area contributed by atoms with E-state index >= 15 is 0 Å². The molecular formula is C32H62O2. The van der Waals surface area contributed by atoms with E-state index in [0.29, 0.717) is 0 Å². The molecule has 0 aromatic carbocycles. The van der Waals surface area contributed by atoms with Gasteiger partial charge in [-0.1, -0.05) is 154 Å². The molecular weight excluding hydrogens is 416 g/mol. The van der Waals surface area contributed by atoms with Crippen molar-refractivity contribution in [2.75, 3.05) is 0 Å². The fraction of sp³-hybridized carbons (Fsp3) is 0.906. The van der Waals surface area contributed by atoms with Crippen molar-refractivity contribution in [3.05, 3.63) is 12.2 Å². The summed E-state index contributed by atoms with van der Waals surface area (Å²) < 4.78 is 0. The molecule has 0 spiro atoms. The van der Waals surface area contributed by atoms with Crippen molar-refractivity contribution in [3.63, 3.8) is 0 Å². The molecule has 2 heteroatoms. The molecule has 202 valence electrons. The van der Waals surface area contributed by atoms with Crippen molar-refractivity contribution in [1.29, 1.82) is 0 Å². The lowest BCUT2D eigenvalue weighted by Crippen LogP contribution is -2.13. The lowest BCUT2D eigenvalue weighted by Gasteiger charge is -2.12. The van der Waals surface area contributed by atoms with Crippen LogP contribution >= 0.6 is 0 Å². The minimum atomic E-state index is -0.569. The third-order valence-corrected chi connectivity index (χ3v) is 7.32. The van der Waals surface area contributed by atoms with Crippen LogP contribution in [0.3, 0.4) is 0 Å². The van der Waals surface area contributed by atoms with Crippen LogP contribution in [0.4, 0.5) is 0 Å². The maximum absolute atomic E-state index is 11.6. The predicted octanol–water partition coefficient (Wildman–Crippen LogP) is 11.4.